The Hall–Kier alpha value is -2.63. The van der Waals surface area contributed by atoms with Crippen LogP contribution in [0.25, 0.3) is 11.0 Å². The second-order valence-electron chi connectivity index (χ2n) is 5.41. The summed E-state index contributed by atoms with van der Waals surface area (Å²) in [6, 6.07) is 5.58. The SMILES string of the molecule is CC(C)C[C@@H](N=Cc1c(O)c2ccccc2oc1=O)C(=O)O. The fourth-order valence-electron chi connectivity index (χ4n) is 2.10. The Bertz CT molecular complexity index is 776. The number of carboxylic acid groups (broad SMARTS) is 1. The van der Waals surface area contributed by atoms with E-state index < -0.39 is 17.6 Å². The normalized spacial score (nSPS) is 13.0. The second kappa shape index (κ2) is 6.43. The van der Waals surface area contributed by atoms with Gasteiger partial charge in [-0.2, -0.15) is 0 Å². The van der Waals surface area contributed by atoms with Gasteiger partial charge in [-0.1, -0.05) is 26.0 Å². The highest BCUT2D eigenvalue weighted by Crippen LogP contribution is 2.25. The van der Waals surface area contributed by atoms with Crippen molar-refractivity contribution < 1.29 is 19.4 Å². The summed E-state index contributed by atoms with van der Waals surface area (Å²) in [6.07, 6.45) is 1.42. The average Bonchev–Trinajstić information content (AvgIpc) is 2.45. The van der Waals surface area contributed by atoms with Crippen LogP contribution in [0, 0.1) is 5.92 Å². The van der Waals surface area contributed by atoms with Crippen LogP contribution in [0.4, 0.5) is 0 Å². The number of para-hydroxylation sites is 1. The van der Waals surface area contributed by atoms with E-state index in [1.807, 2.05) is 13.8 Å². The lowest BCUT2D eigenvalue weighted by atomic mass is 10.0. The maximum absolute atomic E-state index is 11.9. The third-order valence-corrected chi connectivity index (χ3v) is 3.18. The van der Waals surface area contributed by atoms with Crippen LogP contribution in [0.15, 0.2) is 38.5 Å². The van der Waals surface area contributed by atoms with Gasteiger partial charge < -0.3 is 14.6 Å². The highest BCUT2D eigenvalue weighted by Gasteiger charge is 2.18. The molecule has 116 valence electrons. The molecule has 1 aromatic carbocycles. The van der Waals surface area contributed by atoms with Crippen molar-refractivity contribution in [1.82, 2.24) is 0 Å². The number of hydrogen-bond donors (Lipinski definition) is 2. The van der Waals surface area contributed by atoms with Gasteiger partial charge in [-0.3, -0.25) is 4.99 Å². The molecule has 0 saturated carbocycles. The lowest BCUT2D eigenvalue weighted by Gasteiger charge is -2.09. The maximum Gasteiger partial charge on any atom is 0.348 e. The van der Waals surface area contributed by atoms with Crippen LogP contribution in [0.1, 0.15) is 25.8 Å². The van der Waals surface area contributed by atoms with Crippen molar-refractivity contribution in [2.75, 3.05) is 0 Å². The fraction of sp³-hybridized carbons (Fsp3) is 0.312. The van der Waals surface area contributed by atoms with Gasteiger partial charge in [-0.05, 0) is 24.5 Å². The molecule has 0 saturated heterocycles. The summed E-state index contributed by atoms with van der Waals surface area (Å²) in [5, 5.41) is 19.7. The minimum absolute atomic E-state index is 0.139. The van der Waals surface area contributed by atoms with Gasteiger partial charge in [0.15, 0.2) is 0 Å². The molecule has 0 radical (unpaired) electrons. The molecule has 6 nitrogen and oxygen atoms in total. The van der Waals surface area contributed by atoms with Crippen molar-refractivity contribution >= 4 is 23.2 Å². The smallest absolute Gasteiger partial charge is 0.348 e. The van der Waals surface area contributed by atoms with Crippen molar-refractivity contribution in [3.8, 4) is 5.75 Å². The van der Waals surface area contributed by atoms with E-state index in [0.717, 1.165) is 6.21 Å². The highest BCUT2D eigenvalue weighted by atomic mass is 16.4. The second-order valence-corrected chi connectivity index (χ2v) is 5.41. The predicted molar refractivity (Wildman–Crippen MR) is 82.6 cm³/mol. The first-order valence-corrected chi connectivity index (χ1v) is 6.91. The topological polar surface area (TPSA) is 100 Å². The molecule has 0 amide bonds. The number of aliphatic imine (C=N–C) groups is 1. The molecule has 2 N–H and O–H groups in total. The van der Waals surface area contributed by atoms with Crippen LogP contribution >= 0.6 is 0 Å². The lowest BCUT2D eigenvalue weighted by molar-refractivity contribution is -0.138. The molecule has 2 rings (SSSR count). The van der Waals surface area contributed by atoms with Crippen molar-refractivity contribution in [3.05, 3.63) is 40.2 Å². The number of aromatic hydroxyl groups is 1. The van der Waals surface area contributed by atoms with Gasteiger partial charge in [0.1, 0.15) is 22.9 Å². The number of fused-ring (bicyclic) bond motifs is 1. The number of aliphatic carboxylic acids is 1. The maximum atomic E-state index is 11.9. The molecule has 0 fully saturated rings. The molecule has 0 unspecified atom stereocenters. The predicted octanol–water partition coefficient (Wildman–Crippen LogP) is 2.42. The van der Waals surface area contributed by atoms with Crippen LogP contribution in [-0.4, -0.2) is 28.4 Å². The van der Waals surface area contributed by atoms with Crippen LogP contribution in [0.3, 0.4) is 0 Å². The zero-order valence-corrected chi connectivity index (χ0v) is 12.3. The Kier molecular flexibility index (Phi) is 4.60. The van der Waals surface area contributed by atoms with Crippen LogP contribution in [0.2, 0.25) is 0 Å². The van der Waals surface area contributed by atoms with Gasteiger partial charge in [-0.25, -0.2) is 9.59 Å². The molecule has 1 atom stereocenters. The van der Waals surface area contributed by atoms with E-state index in [1.54, 1.807) is 24.3 Å². The number of hydrogen-bond acceptors (Lipinski definition) is 5. The summed E-state index contributed by atoms with van der Waals surface area (Å²) in [7, 11) is 0. The Morgan fingerprint density at radius 2 is 2.05 bits per heavy atom. The van der Waals surface area contributed by atoms with Gasteiger partial charge in [0.25, 0.3) is 0 Å². The van der Waals surface area contributed by atoms with Gasteiger partial charge >= 0.3 is 11.6 Å². The Balaban J connectivity index is 2.44. The summed E-state index contributed by atoms with van der Waals surface area (Å²) in [6.45, 7) is 3.76. The molecule has 0 aliphatic carbocycles. The van der Waals surface area contributed by atoms with E-state index in [1.165, 1.54) is 0 Å². The van der Waals surface area contributed by atoms with E-state index in [-0.39, 0.29) is 22.8 Å². The van der Waals surface area contributed by atoms with E-state index in [4.69, 9.17) is 9.52 Å². The summed E-state index contributed by atoms with van der Waals surface area (Å²) < 4.78 is 5.09. The minimum Gasteiger partial charge on any atom is -0.506 e. The van der Waals surface area contributed by atoms with Gasteiger partial charge in [0.2, 0.25) is 0 Å². The molecular weight excluding hydrogens is 286 g/mol. The van der Waals surface area contributed by atoms with Crippen molar-refractivity contribution in [2.24, 2.45) is 10.9 Å². The molecule has 0 aliphatic heterocycles. The van der Waals surface area contributed by atoms with E-state index >= 15 is 0 Å². The molecular formula is C16H17NO5. The number of rotatable bonds is 5. The standard InChI is InChI=1S/C16H17NO5/c1-9(2)7-12(15(19)20)17-8-11-14(18)10-5-3-4-6-13(10)22-16(11)21/h3-6,8-9,12,18H,7H2,1-2H3,(H,19,20)/t12-/m1/s1. The number of carbonyl (C=O) groups is 1. The van der Waals surface area contributed by atoms with Gasteiger partial charge in [0.05, 0.1) is 5.39 Å². The molecule has 22 heavy (non-hydrogen) atoms. The highest BCUT2D eigenvalue weighted by molar-refractivity contribution is 5.94. The van der Waals surface area contributed by atoms with Crippen LogP contribution < -0.4 is 5.63 Å². The summed E-state index contributed by atoms with van der Waals surface area (Å²) in [4.78, 5) is 27.0. The van der Waals surface area contributed by atoms with Gasteiger partial charge in [-0.15, -0.1) is 0 Å². The minimum atomic E-state index is -1.07. The molecule has 0 bridgehead atoms. The number of benzene rings is 1. The third kappa shape index (κ3) is 3.33. The van der Waals surface area contributed by atoms with Crippen molar-refractivity contribution in [2.45, 2.75) is 26.3 Å². The Morgan fingerprint density at radius 1 is 1.36 bits per heavy atom. The van der Waals surface area contributed by atoms with E-state index in [0.29, 0.717) is 11.8 Å². The monoisotopic (exact) mass is 303 g/mol. The first-order chi connectivity index (χ1) is 10.4. The zero-order valence-electron chi connectivity index (χ0n) is 12.3. The molecule has 0 spiro atoms. The Morgan fingerprint density at radius 3 is 2.68 bits per heavy atom. The molecule has 2 aromatic rings. The van der Waals surface area contributed by atoms with Crippen LogP contribution in [-0.2, 0) is 4.79 Å². The number of carboxylic acids is 1. The first kappa shape index (κ1) is 15.8. The summed E-state index contributed by atoms with van der Waals surface area (Å²) in [5.74, 6) is -1.20. The first-order valence-electron chi connectivity index (χ1n) is 6.91. The van der Waals surface area contributed by atoms with Gasteiger partial charge in [0, 0.05) is 6.21 Å². The quantitative estimate of drug-likeness (QED) is 0.652. The molecule has 1 aromatic heterocycles. The Labute approximate surface area is 126 Å². The zero-order chi connectivity index (χ0) is 16.3. The molecule has 0 aliphatic rings. The number of nitrogens with zero attached hydrogens (tertiary/aromatic N) is 1. The molecule has 6 heteroatoms. The fourth-order valence-corrected chi connectivity index (χ4v) is 2.10. The van der Waals surface area contributed by atoms with Crippen LogP contribution in [0.5, 0.6) is 5.75 Å². The largest absolute Gasteiger partial charge is 0.506 e. The summed E-state index contributed by atoms with van der Waals surface area (Å²) >= 11 is 0. The lowest BCUT2D eigenvalue weighted by Crippen LogP contribution is -2.21. The van der Waals surface area contributed by atoms with Crippen molar-refractivity contribution in [3.63, 3.8) is 0 Å². The van der Waals surface area contributed by atoms with E-state index in [9.17, 15) is 14.7 Å². The van der Waals surface area contributed by atoms with E-state index in [2.05, 4.69) is 4.99 Å². The average molecular weight is 303 g/mol. The third-order valence-electron chi connectivity index (χ3n) is 3.18. The molecule has 1 heterocycles. The van der Waals surface area contributed by atoms with Crippen molar-refractivity contribution in [1.29, 1.82) is 0 Å². The summed E-state index contributed by atoms with van der Waals surface area (Å²) in [5.41, 5.74) is -0.638.